The van der Waals surface area contributed by atoms with E-state index in [2.05, 4.69) is 9.97 Å². The van der Waals surface area contributed by atoms with Gasteiger partial charge >= 0.3 is 5.97 Å². The maximum absolute atomic E-state index is 11.5. The number of aromatic hydroxyl groups is 1. The van der Waals surface area contributed by atoms with E-state index in [1.807, 2.05) is 0 Å². The highest BCUT2D eigenvalue weighted by atomic mass is 32.1. The van der Waals surface area contributed by atoms with Crippen LogP contribution in [-0.2, 0) is 4.74 Å². The number of pyridine rings is 1. The molecule has 0 fully saturated rings. The van der Waals surface area contributed by atoms with Crippen molar-refractivity contribution in [3.05, 3.63) is 29.4 Å². The number of carbonyl (C=O) groups excluding carboxylic acids is 1. The van der Waals surface area contributed by atoms with E-state index in [0.29, 0.717) is 5.01 Å². The molecule has 0 unspecified atom stereocenters. The molecule has 5 nitrogen and oxygen atoms in total. The first-order chi connectivity index (χ1) is 8.22. The first kappa shape index (κ1) is 11.5. The number of nitrogens with zero attached hydrogens (tertiary/aromatic N) is 2. The van der Waals surface area contributed by atoms with Crippen LogP contribution in [0, 0.1) is 0 Å². The summed E-state index contributed by atoms with van der Waals surface area (Å²) in [5.41, 5.74) is 0.753. The number of carbonyl (C=O) groups is 1. The van der Waals surface area contributed by atoms with Gasteiger partial charge in [-0.25, -0.2) is 9.78 Å². The Hall–Kier alpha value is -1.95. The highest BCUT2D eigenvalue weighted by Crippen LogP contribution is 2.31. The molecule has 6 heteroatoms. The van der Waals surface area contributed by atoms with Crippen LogP contribution < -0.4 is 0 Å². The molecule has 0 aliphatic carbocycles. The zero-order chi connectivity index (χ0) is 12.3. The topological polar surface area (TPSA) is 72.3 Å². The van der Waals surface area contributed by atoms with Crippen LogP contribution in [0.1, 0.15) is 16.6 Å². The van der Waals surface area contributed by atoms with Gasteiger partial charge in [-0.2, -0.15) is 0 Å². The molecule has 2 aromatic heterocycles. The van der Waals surface area contributed by atoms with Crippen LogP contribution in [0.3, 0.4) is 0 Å². The third-order valence-corrected chi connectivity index (χ3v) is 3.05. The molecule has 2 heterocycles. The van der Waals surface area contributed by atoms with Gasteiger partial charge in [0.1, 0.15) is 5.01 Å². The van der Waals surface area contributed by atoms with Crippen molar-refractivity contribution < 1.29 is 14.6 Å². The summed E-state index contributed by atoms with van der Waals surface area (Å²) < 4.78 is 4.81. The Kier molecular flexibility index (Phi) is 3.34. The number of aromatic nitrogens is 2. The summed E-state index contributed by atoms with van der Waals surface area (Å²) in [5, 5.41) is 10.1. The van der Waals surface area contributed by atoms with E-state index in [1.165, 1.54) is 0 Å². The van der Waals surface area contributed by atoms with Crippen LogP contribution in [-0.4, -0.2) is 27.7 Å². The van der Waals surface area contributed by atoms with Gasteiger partial charge in [-0.1, -0.05) is 0 Å². The maximum Gasteiger partial charge on any atom is 0.353 e. The third kappa shape index (κ3) is 2.42. The highest BCUT2D eigenvalue weighted by molar-refractivity contribution is 7.17. The summed E-state index contributed by atoms with van der Waals surface area (Å²) in [5.74, 6) is -0.857. The largest absolute Gasteiger partial charge is 0.492 e. The molecule has 2 rings (SSSR count). The molecule has 0 bridgehead atoms. The van der Waals surface area contributed by atoms with Gasteiger partial charge in [0.2, 0.25) is 5.88 Å². The van der Waals surface area contributed by atoms with E-state index >= 15 is 0 Å². The predicted molar refractivity (Wildman–Crippen MR) is 63.0 cm³/mol. The zero-order valence-electron chi connectivity index (χ0n) is 9.08. The molecular formula is C11H10N2O3S. The normalized spacial score (nSPS) is 10.2. The minimum Gasteiger partial charge on any atom is -0.492 e. The summed E-state index contributed by atoms with van der Waals surface area (Å²) in [6, 6.07) is 3.57. The fraction of sp³-hybridized carbons (Fsp3) is 0.182. The predicted octanol–water partition coefficient (Wildman–Crippen LogP) is 2.09. The molecule has 0 saturated heterocycles. The van der Waals surface area contributed by atoms with Crippen molar-refractivity contribution in [3.63, 3.8) is 0 Å². The first-order valence-corrected chi connectivity index (χ1v) is 5.81. The Morgan fingerprint density at radius 2 is 2.41 bits per heavy atom. The molecule has 88 valence electrons. The summed E-state index contributed by atoms with van der Waals surface area (Å²) in [4.78, 5) is 19.5. The summed E-state index contributed by atoms with van der Waals surface area (Å²) in [7, 11) is 0. The van der Waals surface area contributed by atoms with E-state index in [9.17, 15) is 9.90 Å². The van der Waals surface area contributed by atoms with Crippen LogP contribution in [0.25, 0.3) is 10.6 Å². The molecule has 1 N–H and O–H groups in total. The average molecular weight is 250 g/mol. The van der Waals surface area contributed by atoms with Crippen LogP contribution in [0.2, 0.25) is 0 Å². The van der Waals surface area contributed by atoms with Gasteiger partial charge in [0.15, 0.2) is 4.88 Å². The van der Waals surface area contributed by atoms with Crippen molar-refractivity contribution in [2.45, 2.75) is 6.92 Å². The minimum atomic E-state index is -0.558. The van der Waals surface area contributed by atoms with E-state index in [0.717, 1.165) is 16.9 Å². The second kappa shape index (κ2) is 4.92. The van der Waals surface area contributed by atoms with Gasteiger partial charge in [0.05, 0.1) is 6.61 Å². The number of hydrogen-bond acceptors (Lipinski definition) is 6. The monoisotopic (exact) mass is 250 g/mol. The fourth-order valence-corrected chi connectivity index (χ4v) is 2.10. The molecule has 2 aromatic rings. The molecule has 0 amide bonds. The van der Waals surface area contributed by atoms with E-state index in [-0.39, 0.29) is 17.4 Å². The molecular weight excluding hydrogens is 240 g/mol. The summed E-state index contributed by atoms with van der Waals surface area (Å²) in [6.07, 6.45) is 3.26. The van der Waals surface area contributed by atoms with Crippen LogP contribution in [0.15, 0.2) is 24.5 Å². The van der Waals surface area contributed by atoms with E-state index < -0.39 is 5.97 Å². The average Bonchev–Trinajstić information content (AvgIpc) is 2.73. The molecule has 0 radical (unpaired) electrons. The second-order valence-electron chi connectivity index (χ2n) is 3.13. The lowest BCUT2D eigenvalue weighted by atomic mass is 10.3. The van der Waals surface area contributed by atoms with Gasteiger partial charge in [-0.15, -0.1) is 11.3 Å². The lowest BCUT2D eigenvalue weighted by Gasteiger charge is -1.96. The standard InChI is InChI=1S/C11H10N2O3S/c1-2-16-11(15)8-9(14)13-10(17-8)7-4-3-5-12-6-7/h3-6,14H,2H2,1H3. The van der Waals surface area contributed by atoms with Crippen LogP contribution in [0.4, 0.5) is 0 Å². The van der Waals surface area contributed by atoms with Crippen molar-refractivity contribution in [2.75, 3.05) is 6.61 Å². The SMILES string of the molecule is CCOC(=O)c1sc(-c2cccnc2)nc1O. The second-order valence-corrected chi connectivity index (χ2v) is 4.13. The summed E-state index contributed by atoms with van der Waals surface area (Å²) in [6.45, 7) is 1.97. The van der Waals surface area contributed by atoms with E-state index in [1.54, 1.807) is 31.5 Å². The number of hydrogen-bond donors (Lipinski definition) is 1. The van der Waals surface area contributed by atoms with Crippen molar-refractivity contribution >= 4 is 17.3 Å². The zero-order valence-corrected chi connectivity index (χ0v) is 9.90. The van der Waals surface area contributed by atoms with Crippen LogP contribution >= 0.6 is 11.3 Å². The first-order valence-electron chi connectivity index (χ1n) is 4.99. The smallest absolute Gasteiger partial charge is 0.353 e. The van der Waals surface area contributed by atoms with Crippen molar-refractivity contribution in [1.82, 2.24) is 9.97 Å². The maximum atomic E-state index is 11.5. The van der Waals surface area contributed by atoms with Crippen molar-refractivity contribution in [1.29, 1.82) is 0 Å². The third-order valence-electron chi connectivity index (χ3n) is 1.98. The van der Waals surface area contributed by atoms with Gasteiger partial charge in [-0.3, -0.25) is 4.98 Å². The quantitative estimate of drug-likeness (QED) is 0.844. The molecule has 0 spiro atoms. The molecule has 0 saturated carbocycles. The molecule has 0 aliphatic rings. The van der Waals surface area contributed by atoms with Gasteiger partial charge in [0, 0.05) is 18.0 Å². The van der Waals surface area contributed by atoms with Crippen molar-refractivity contribution in [2.24, 2.45) is 0 Å². The molecule has 0 aromatic carbocycles. The van der Waals surface area contributed by atoms with Gasteiger partial charge < -0.3 is 9.84 Å². The Balaban J connectivity index is 2.34. The van der Waals surface area contributed by atoms with Gasteiger partial charge in [0.25, 0.3) is 0 Å². The Morgan fingerprint density at radius 1 is 1.59 bits per heavy atom. The van der Waals surface area contributed by atoms with Crippen molar-refractivity contribution in [3.8, 4) is 16.5 Å². The number of thiazole rings is 1. The fourth-order valence-electron chi connectivity index (χ4n) is 1.25. The Morgan fingerprint density at radius 3 is 3.06 bits per heavy atom. The lowest BCUT2D eigenvalue weighted by molar-refractivity contribution is 0.0528. The number of rotatable bonds is 3. The summed E-state index contributed by atoms with van der Waals surface area (Å²) >= 11 is 1.08. The molecule has 0 atom stereocenters. The Bertz CT molecular complexity index is 525. The minimum absolute atomic E-state index is 0.116. The van der Waals surface area contributed by atoms with Gasteiger partial charge in [-0.05, 0) is 19.1 Å². The number of ether oxygens (including phenoxy) is 1. The highest BCUT2D eigenvalue weighted by Gasteiger charge is 2.19. The van der Waals surface area contributed by atoms with Crippen LogP contribution in [0.5, 0.6) is 5.88 Å². The van der Waals surface area contributed by atoms with E-state index in [4.69, 9.17) is 4.74 Å². The Labute approximate surface area is 102 Å². The number of esters is 1. The molecule has 17 heavy (non-hydrogen) atoms. The lowest BCUT2D eigenvalue weighted by Crippen LogP contribution is -2.02. The molecule has 0 aliphatic heterocycles.